The first-order chi connectivity index (χ1) is 8.69. The Kier molecular flexibility index (Phi) is 5.15. The molecule has 0 spiro atoms. The number of aliphatic hydroxyl groups is 1. The van der Waals surface area contributed by atoms with Crippen LogP contribution >= 0.6 is 11.3 Å². The first-order valence-corrected chi connectivity index (χ1v) is 7.85. The van der Waals surface area contributed by atoms with Gasteiger partial charge in [0.2, 0.25) is 0 Å². The van der Waals surface area contributed by atoms with Gasteiger partial charge in [0, 0.05) is 24.5 Å². The van der Waals surface area contributed by atoms with Crippen LogP contribution in [0, 0.1) is 5.92 Å². The lowest BCUT2D eigenvalue weighted by atomic mass is 10.1. The lowest BCUT2D eigenvalue weighted by Gasteiger charge is -2.19. The fourth-order valence-electron chi connectivity index (χ4n) is 2.12. The summed E-state index contributed by atoms with van der Waals surface area (Å²) in [5, 5.41) is 12.5. The topological polar surface area (TPSA) is 36.4 Å². The first-order valence-electron chi connectivity index (χ1n) is 6.97. The maximum atomic E-state index is 9.08. The van der Waals surface area contributed by atoms with Gasteiger partial charge in [-0.25, -0.2) is 4.98 Å². The van der Waals surface area contributed by atoms with Crippen LogP contribution < -0.4 is 0 Å². The third-order valence-corrected chi connectivity index (χ3v) is 4.31. The zero-order valence-corrected chi connectivity index (χ0v) is 12.2. The van der Waals surface area contributed by atoms with Crippen molar-refractivity contribution in [2.45, 2.75) is 52.1 Å². The predicted molar refractivity (Wildman–Crippen MR) is 75.8 cm³/mol. The van der Waals surface area contributed by atoms with Gasteiger partial charge in [-0.2, -0.15) is 0 Å². The van der Waals surface area contributed by atoms with E-state index in [2.05, 4.69) is 24.1 Å². The standard InChI is InChI=1S/C14H24N2OS/c1-11(2)3-6-14-15-12(10-18-14)9-16(7-8-17)13-4-5-13/h10-11,13,17H,3-9H2,1-2H3. The van der Waals surface area contributed by atoms with E-state index in [4.69, 9.17) is 10.1 Å². The van der Waals surface area contributed by atoms with E-state index in [1.807, 2.05) is 0 Å². The number of hydrogen-bond donors (Lipinski definition) is 1. The maximum absolute atomic E-state index is 9.08. The summed E-state index contributed by atoms with van der Waals surface area (Å²) < 4.78 is 0. The summed E-state index contributed by atoms with van der Waals surface area (Å²) in [6.07, 6.45) is 4.89. The molecule has 4 heteroatoms. The van der Waals surface area contributed by atoms with Crippen molar-refractivity contribution < 1.29 is 5.11 Å². The van der Waals surface area contributed by atoms with Crippen molar-refractivity contribution in [3.63, 3.8) is 0 Å². The second kappa shape index (κ2) is 6.64. The van der Waals surface area contributed by atoms with E-state index in [-0.39, 0.29) is 6.61 Å². The molecule has 0 amide bonds. The summed E-state index contributed by atoms with van der Waals surface area (Å²) in [6.45, 7) is 6.45. The molecule has 1 heterocycles. The molecule has 2 rings (SSSR count). The Morgan fingerprint density at radius 3 is 2.89 bits per heavy atom. The number of thiazole rings is 1. The van der Waals surface area contributed by atoms with Crippen LogP contribution in [0.3, 0.4) is 0 Å². The Morgan fingerprint density at radius 2 is 2.28 bits per heavy atom. The molecule has 18 heavy (non-hydrogen) atoms. The number of hydrogen-bond acceptors (Lipinski definition) is 4. The fraction of sp³-hybridized carbons (Fsp3) is 0.786. The van der Waals surface area contributed by atoms with E-state index >= 15 is 0 Å². The van der Waals surface area contributed by atoms with Crippen molar-refractivity contribution in [1.29, 1.82) is 0 Å². The maximum Gasteiger partial charge on any atom is 0.0928 e. The lowest BCUT2D eigenvalue weighted by molar-refractivity contribution is 0.182. The SMILES string of the molecule is CC(C)CCc1nc(CN(CCO)C2CC2)cs1. The van der Waals surface area contributed by atoms with Gasteiger partial charge in [-0.05, 0) is 31.6 Å². The van der Waals surface area contributed by atoms with E-state index in [1.165, 1.54) is 30.0 Å². The van der Waals surface area contributed by atoms with Crippen molar-refractivity contribution in [2.24, 2.45) is 5.92 Å². The Balaban J connectivity index is 1.84. The molecule has 102 valence electrons. The third-order valence-electron chi connectivity index (χ3n) is 3.35. The summed E-state index contributed by atoms with van der Waals surface area (Å²) in [4.78, 5) is 7.07. The quantitative estimate of drug-likeness (QED) is 0.787. The van der Waals surface area contributed by atoms with Gasteiger partial charge in [0.25, 0.3) is 0 Å². The minimum atomic E-state index is 0.251. The Bertz CT molecular complexity index is 360. The number of rotatable bonds is 8. The van der Waals surface area contributed by atoms with Gasteiger partial charge in [-0.3, -0.25) is 4.90 Å². The average Bonchev–Trinajstić information content (AvgIpc) is 3.08. The molecule has 0 aliphatic heterocycles. The van der Waals surface area contributed by atoms with Gasteiger partial charge in [-0.15, -0.1) is 11.3 Å². The molecule has 0 bridgehead atoms. The summed E-state index contributed by atoms with van der Waals surface area (Å²) in [5.41, 5.74) is 1.18. The molecule has 0 radical (unpaired) electrons. The zero-order chi connectivity index (χ0) is 13.0. The molecule has 1 N–H and O–H groups in total. The monoisotopic (exact) mass is 268 g/mol. The molecular formula is C14H24N2OS. The van der Waals surface area contributed by atoms with Crippen molar-refractivity contribution in [3.05, 3.63) is 16.1 Å². The highest BCUT2D eigenvalue weighted by atomic mass is 32.1. The van der Waals surface area contributed by atoms with Gasteiger partial charge in [-0.1, -0.05) is 13.8 Å². The van der Waals surface area contributed by atoms with Crippen LogP contribution in [0.1, 0.15) is 43.8 Å². The molecule has 1 aliphatic rings. The summed E-state index contributed by atoms with van der Waals surface area (Å²) in [6, 6.07) is 0.693. The molecular weight excluding hydrogens is 244 g/mol. The molecule has 1 aromatic heterocycles. The van der Waals surface area contributed by atoms with E-state index < -0.39 is 0 Å². The van der Waals surface area contributed by atoms with Crippen LogP contribution in [0.25, 0.3) is 0 Å². The zero-order valence-electron chi connectivity index (χ0n) is 11.4. The Labute approximate surface area is 114 Å². The lowest BCUT2D eigenvalue weighted by Crippen LogP contribution is -2.28. The summed E-state index contributed by atoms with van der Waals surface area (Å²) in [5.74, 6) is 0.745. The third kappa shape index (κ3) is 4.34. The Hall–Kier alpha value is -0.450. The second-order valence-corrected chi connectivity index (χ2v) is 6.53. The van der Waals surface area contributed by atoms with Crippen LogP contribution in [0.2, 0.25) is 0 Å². The summed E-state index contributed by atoms with van der Waals surface area (Å²) >= 11 is 1.78. The van der Waals surface area contributed by atoms with Crippen LogP contribution in [-0.2, 0) is 13.0 Å². The van der Waals surface area contributed by atoms with Crippen LogP contribution in [0.15, 0.2) is 5.38 Å². The minimum absolute atomic E-state index is 0.251. The number of aliphatic hydroxyl groups excluding tert-OH is 1. The van der Waals surface area contributed by atoms with Crippen LogP contribution in [-0.4, -0.2) is 34.2 Å². The van der Waals surface area contributed by atoms with Crippen molar-refractivity contribution in [1.82, 2.24) is 9.88 Å². The van der Waals surface area contributed by atoms with E-state index in [1.54, 1.807) is 11.3 Å². The molecule has 0 aromatic carbocycles. The molecule has 0 saturated heterocycles. The van der Waals surface area contributed by atoms with Gasteiger partial charge < -0.3 is 5.11 Å². The van der Waals surface area contributed by atoms with Crippen LogP contribution in [0.5, 0.6) is 0 Å². The molecule has 0 atom stereocenters. The normalized spacial score (nSPS) is 15.8. The van der Waals surface area contributed by atoms with Crippen molar-refractivity contribution in [3.8, 4) is 0 Å². The van der Waals surface area contributed by atoms with E-state index in [0.717, 1.165) is 25.4 Å². The van der Waals surface area contributed by atoms with Crippen LogP contribution in [0.4, 0.5) is 0 Å². The van der Waals surface area contributed by atoms with Gasteiger partial charge in [0.1, 0.15) is 0 Å². The predicted octanol–water partition coefficient (Wildman–Crippen LogP) is 2.69. The van der Waals surface area contributed by atoms with Crippen molar-refractivity contribution in [2.75, 3.05) is 13.2 Å². The highest BCUT2D eigenvalue weighted by Gasteiger charge is 2.28. The molecule has 1 aromatic rings. The summed E-state index contributed by atoms with van der Waals surface area (Å²) in [7, 11) is 0. The first kappa shape index (κ1) is 14.0. The van der Waals surface area contributed by atoms with Gasteiger partial charge in [0.15, 0.2) is 0 Å². The largest absolute Gasteiger partial charge is 0.395 e. The number of aromatic nitrogens is 1. The van der Waals surface area contributed by atoms with Gasteiger partial charge in [0.05, 0.1) is 17.3 Å². The Morgan fingerprint density at radius 1 is 1.50 bits per heavy atom. The van der Waals surface area contributed by atoms with Crippen molar-refractivity contribution >= 4 is 11.3 Å². The van der Waals surface area contributed by atoms with E-state index in [9.17, 15) is 0 Å². The van der Waals surface area contributed by atoms with E-state index in [0.29, 0.717) is 6.04 Å². The highest BCUT2D eigenvalue weighted by Crippen LogP contribution is 2.28. The smallest absolute Gasteiger partial charge is 0.0928 e. The molecule has 0 unspecified atom stereocenters. The number of aryl methyl sites for hydroxylation is 1. The molecule has 1 fully saturated rings. The average molecular weight is 268 g/mol. The fourth-order valence-corrected chi connectivity index (χ4v) is 2.92. The molecule has 1 aliphatic carbocycles. The number of nitrogens with zero attached hydrogens (tertiary/aromatic N) is 2. The molecule has 1 saturated carbocycles. The molecule has 3 nitrogen and oxygen atoms in total. The highest BCUT2D eigenvalue weighted by molar-refractivity contribution is 7.09. The minimum Gasteiger partial charge on any atom is -0.395 e. The van der Waals surface area contributed by atoms with Gasteiger partial charge >= 0.3 is 0 Å². The second-order valence-electron chi connectivity index (χ2n) is 5.59.